The maximum absolute atomic E-state index is 11.3. The highest BCUT2D eigenvalue weighted by Crippen LogP contribution is 2.46. The van der Waals surface area contributed by atoms with Gasteiger partial charge in [0.2, 0.25) is 0 Å². The van der Waals surface area contributed by atoms with Crippen molar-refractivity contribution in [2.24, 2.45) is 0 Å². The van der Waals surface area contributed by atoms with E-state index in [4.69, 9.17) is 14.2 Å². The Labute approximate surface area is 194 Å². The number of carbonyl (C=O) groups is 3. The third-order valence-corrected chi connectivity index (χ3v) is 5.91. The van der Waals surface area contributed by atoms with Crippen LogP contribution in [0.15, 0.2) is 72.8 Å². The van der Waals surface area contributed by atoms with Crippen LogP contribution in [0.5, 0.6) is 17.2 Å². The summed E-state index contributed by atoms with van der Waals surface area (Å²) in [5, 5.41) is 0. The minimum Gasteiger partial charge on any atom is -0.427 e. The van der Waals surface area contributed by atoms with E-state index in [2.05, 4.69) is 15.9 Å². The number of ether oxygens (including phenoxy) is 3. The lowest BCUT2D eigenvalue weighted by atomic mass is 9.84. The average Bonchev–Trinajstić information content (AvgIpc) is 2.73. The molecule has 0 N–H and O–H groups in total. The highest BCUT2D eigenvalue weighted by Gasteiger charge is 2.33. The van der Waals surface area contributed by atoms with E-state index < -0.39 is 22.2 Å². The second kappa shape index (κ2) is 9.78. The molecule has 7 heteroatoms. The summed E-state index contributed by atoms with van der Waals surface area (Å²) in [7, 11) is 0. The molecule has 0 aliphatic carbocycles. The smallest absolute Gasteiger partial charge is 0.308 e. The molecule has 0 amide bonds. The standard InChI is InChI=1S/C25H21BrO6/c1-16(27)30-22-10-4-19(5-11-22)25(26,20-6-12-23(13-7-20)31-17(2)28)21-8-14-24(15-9-21)32-18(3)29/h4-15H,1-3H3. The number of hydrogen-bond acceptors (Lipinski definition) is 6. The zero-order valence-corrected chi connectivity index (χ0v) is 19.3. The third kappa shape index (κ3) is 5.42. The van der Waals surface area contributed by atoms with Gasteiger partial charge in [0.1, 0.15) is 21.6 Å². The topological polar surface area (TPSA) is 78.9 Å². The minimum atomic E-state index is -0.786. The van der Waals surface area contributed by atoms with Crippen molar-refractivity contribution in [2.75, 3.05) is 0 Å². The number of rotatable bonds is 6. The molecule has 0 fully saturated rings. The molecule has 164 valence electrons. The first-order valence-electron chi connectivity index (χ1n) is 9.74. The van der Waals surface area contributed by atoms with Gasteiger partial charge >= 0.3 is 17.9 Å². The van der Waals surface area contributed by atoms with E-state index in [1.54, 1.807) is 36.4 Å². The van der Waals surface area contributed by atoms with Crippen LogP contribution in [0.1, 0.15) is 37.5 Å². The Morgan fingerprint density at radius 1 is 0.531 bits per heavy atom. The van der Waals surface area contributed by atoms with Gasteiger partial charge in [-0.1, -0.05) is 52.3 Å². The molecule has 0 bridgehead atoms. The molecule has 0 heterocycles. The monoisotopic (exact) mass is 496 g/mol. The summed E-state index contributed by atoms with van der Waals surface area (Å²) < 4.78 is 14.7. The highest BCUT2D eigenvalue weighted by atomic mass is 79.9. The first-order valence-corrected chi connectivity index (χ1v) is 10.5. The van der Waals surface area contributed by atoms with Gasteiger partial charge in [-0.15, -0.1) is 0 Å². The van der Waals surface area contributed by atoms with E-state index >= 15 is 0 Å². The fourth-order valence-electron chi connectivity index (χ4n) is 3.26. The maximum Gasteiger partial charge on any atom is 0.308 e. The molecule has 0 aliphatic rings. The molecule has 0 atom stereocenters. The summed E-state index contributed by atoms with van der Waals surface area (Å²) in [4.78, 5) is 33.8. The van der Waals surface area contributed by atoms with Gasteiger partial charge in [0, 0.05) is 20.8 Å². The predicted molar refractivity (Wildman–Crippen MR) is 122 cm³/mol. The van der Waals surface area contributed by atoms with Crippen LogP contribution in [-0.2, 0) is 18.7 Å². The van der Waals surface area contributed by atoms with Gasteiger partial charge in [-0.25, -0.2) is 0 Å². The summed E-state index contributed by atoms with van der Waals surface area (Å²) in [6.07, 6.45) is 0. The Kier molecular flexibility index (Phi) is 7.10. The van der Waals surface area contributed by atoms with Crippen LogP contribution < -0.4 is 14.2 Å². The quantitative estimate of drug-likeness (QED) is 0.203. The van der Waals surface area contributed by atoms with Gasteiger partial charge in [-0.2, -0.15) is 0 Å². The average molecular weight is 497 g/mol. The van der Waals surface area contributed by atoms with Gasteiger partial charge in [-0.05, 0) is 53.1 Å². The number of benzene rings is 3. The Bertz CT molecular complexity index is 974. The lowest BCUT2D eigenvalue weighted by Gasteiger charge is -2.30. The molecular formula is C25H21BrO6. The van der Waals surface area contributed by atoms with Crippen molar-refractivity contribution in [3.63, 3.8) is 0 Å². The van der Waals surface area contributed by atoms with E-state index in [9.17, 15) is 14.4 Å². The van der Waals surface area contributed by atoms with Gasteiger partial charge in [-0.3, -0.25) is 14.4 Å². The minimum absolute atomic E-state index is 0.398. The van der Waals surface area contributed by atoms with Crippen molar-refractivity contribution in [1.82, 2.24) is 0 Å². The van der Waals surface area contributed by atoms with Crippen molar-refractivity contribution in [1.29, 1.82) is 0 Å². The summed E-state index contributed by atoms with van der Waals surface area (Å²) in [5.41, 5.74) is 2.61. The number of hydrogen-bond donors (Lipinski definition) is 0. The fraction of sp³-hybridized carbons (Fsp3) is 0.160. The molecule has 3 aromatic rings. The lowest BCUT2D eigenvalue weighted by molar-refractivity contribution is -0.132. The molecule has 0 spiro atoms. The highest BCUT2D eigenvalue weighted by molar-refractivity contribution is 9.10. The predicted octanol–water partition coefficient (Wildman–Crippen LogP) is 5.15. The Morgan fingerprint density at radius 2 is 0.750 bits per heavy atom. The van der Waals surface area contributed by atoms with Crippen LogP contribution in [0.2, 0.25) is 0 Å². The first kappa shape index (κ1) is 23.2. The van der Waals surface area contributed by atoms with Gasteiger partial charge < -0.3 is 14.2 Å². The summed E-state index contributed by atoms with van der Waals surface area (Å²) in [6.45, 7) is 4.04. The molecule has 3 rings (SSSR count). The zero-order valence-electron chi connectivity index (χ0n) is 17.8. The normalized spacial score (nSPS) is 10.9. The number of carbonyl (C=O) groups excluding carboxylic acids is 3. The third-order valence-electron chi connectivity index (χ3n) is 4.54. The SMILES string of the molecule is CC(=O)Oc1ccc(C(Br)(c2ccc(OC(C)=O)cc2)c2ccc(OC(C)=O)cc2)cc1. The molecule has 0 saturated heterocycles. The summed E-state index contributed by atoms with van der Waals surface area (Å²) in [6, 6.07) is 21.4. The Balaban J connectivity index is 2.07. The Hall–Kier alpha value is -3.45. The largest absolute Gasteiger partial charge is 0.427 e. The van der Waals surface area contributed by atoms with Gasteiger partial charge in [0.25, 0.3) is 0 Å². The van der Waals surface area contributed by atoms with Crippen molar-refractivity contribution in [2.45, 2.75) is 25.1 Å². The van der Waals surface area contributed by atoms with Crippen molar-refractivity contribution in [3.05, 3.63) is 89.5 Å². The molecule has 0 aliphatic heterocycles. The molecule has 0 unspecified atom stereocenters. The van der Waals surface area contributed by atoms with Crippen LogP contribution in [0.25, 0.3) is 0 Å². The Morgan fingerprint density at radius 3 is 0.938 bits per heavy atom. The van der Waals surface area contributed by atoms with Crippen LogP contribution in [0, 0.1) is 0 Å². The van der Waals surface area contributed by atoms with E-state index in [-0.39, 0.29) is 0 Å². The van der Waals surface area contributed by atoms with Crippen LogP contribution in [-0.4, -0.2) is 17.9 Å². The van der Waals surface area contributed by atoms with Gasteiger partial charge in [0.15, 0.2) is 0 Å². The van der Waals surface area contributed by atoms with Crippen LogP contribution >= 0.6 is 15.9 Å². The number of alkyl halides is 1. The molecule has 32 heavy (non-hydrogen) atoms. The molecule has 3 aromatic carbocycles. The summed E-state index contributed by atoms with van der Waals surface area (Å²) >= 11 is 3.91. The van der Waals surface area contributed by atoms with Crippen LogP contribution in [0.3, 0.4) is 0 Å². The maximum atomic E-state index is 11.3. The van der Waals surface area contributed by atoms with E-state index in [1.165, 1.54) is 20.8 Å². The zero-order chi connectivity index (χ0) is 23.3. The second-order valence-corrected chi connectivity index (χ2v) is 8.20. The molecule has 6 nitrogen and oxygen atoms in total. The number of esters is 3. The second-order valence-electron chi connectivity index (χ2n) is 7.01. The van der Waals surface area contributed by atoms with Crippen molar-refractivity contribution >= 4 is 33.8 Å². The number of halogens is 1. The van der Waals surface area contributed by atoms with Crippen molar-refractivity contribution < 1.29 is 28.6 Å². The van der Waals surface area contributed by atoms with E-state index in [1.807, 2.05) is 36.4 Å². The first-order chi connectivity index (χ1) is 15.2. The fourth-order valence-corrected chi connectivity index (χ4v) is 4.05. The molecular weight excluding hydrogens is 476 g/mol. The van der Waals surface area contributed by atoms with E-state index in [0.29, 0.717) is 17.2 Å². The molecule has 0 radical (unpaired) electrons. The van der Waals surface area contributed by atoms with Crippen molar-refractivity contribution in [3.8, 4) is 17.2 Å². The lowest BCUT2D eigenvalue weighted by Crippen LogP contribution is -2.21. The molecule has 0 aromatic heterocycles. The van der Waals surface area contributed by atoms with Crippen LogP contribution in [0.4, 0.5) is 0 Å². The van der Waals surface area contributed by atoms with E-state index in [0.717, 1.165) is 16.7 Å². The molecule has 0 saturated carbocycles. The summed E-state index contributed by atoms with van der Waals surface area (Å²) in [5.74, 6) is 0.115. The van der Waals surface area contributed by atoms with Gasteiger partial charge in [0.05, 0.1) is 0 Å².